The van der Waals surface area contributed by atoms with Crippen molar-refractivity contribution in [2.24, 2.45) is 5.92 Å². The van der Waals surface area contributed by atoms with Gasteiger partial charge in [0.15, 0.2) is 0 Å². The third kappa shape index (κ3) is 2.08. The Hall–Kier alpha value is 0.690. The van der Waals surface area contributed by atoms with Crippen LogP contribution in [0.4, 0.5) is 0 Å². The molecule has 1 unspecified atom stereocenters. The summed E-state index contributed by atoms with van der Waals surface area (Å²) in [5, 5.41) is 0. The molecule has 50 valence electrons. The quantitative estimate of drug-likeness (QED) is 0.599. The van der Waals surface area contributed by atoms with Crippen LogP contribution in [0.2, 0.25) is 0 Å². The summed E-state index contributed by atoms with van der Waals surface area (Å²) in [6.45, 7) is 2.22. The van der Waals surface area contributed by atoms with Crippen molar-refractivity contribution in [3.63, 3.8) is 0 Å². The highest BCUT2D eigenvalue weighted by atomic mass is 127. The summed E-state index contributed by atoms with van der Waals surface area (Å²) in [5.74, 6) is 0.706. The first-order valence-electron chi connectivity index (χ1n) is 2.92. The Labute approximate surface area is 77.7 Å². The third-order valence-corrected chi connectivity index (χ3v) is 3.83. The van der Waals surface area contributed by atoms with Crippen LogP contribution in [0, 0.1) is 5.92 Å². The summed E-state index contributed by atoms with van der Waals surface area (Å²) in [6, 6.07) is 0. The zero-order valence-electron chi connectivity index (χ0n) is 5.20. The maximum atomic E-state index is 3.51. The van der Waals surface area contributed by atoms with Crippen molar-refractivity contribution in [1.82, 2.24) is 0 Å². The first-order valence-corrected chi connectivity index (χ1v) is 4.79. The van der Waals surface area contributed by atoms with Gasteiger partial charge in [0.25, 0.3) is 0 Å². The van der Waals surface area contributed by atoms with E-state index in [9.17, 15) is 0 Å². The fourth-order valence-corrected chi connectivity index (χ4v) is 1.86. The first kappa shape index (κ1) is 7.79. The number of hydrogen-bond donors (Lipinski definition) is 0. The van der Waals surface area contributed by atoms with Crippen LogP contribution in [0.15, 0.2) is 20.2 Å². The molecule has 1 aliphatic rings. The van der Waals surface area contributed by atoms with Gasteiger partial charge in [-0.2, -0.15) is 0 Å². The number of rotatable bonds is 0. The van der Waals surface area contributed by atoms with E-state index in [1.54, 1.807) is 0 Å². The molecule has 0 N–H and O–H groups in total. The van der Waals surface area contributed by atoms with E-state index in [4.69, 9.17) is 0 Å². The van der Waals surface area contributed by atoms with Crippen LogP contribution < -0.4 is 0 Å². The van der Waals surface area contributed by atoms with Gasteiger partial charge < -0.3 is 0 Å². The van der Waals surface area contributed by atoms with Crippen LogP contribution in [-0.2, 0) is 0 Å². The van der Waals surface area contributed by atoms with Crippen molar-refractivity contribution in [3.8, 4) is 0 Å². The summed E-state index contributed by atoms with van der Waals surface area (Å²) < 4.78 is 2.68. The highest BCUT2D eigenvalue weighted by Crippen LogP contribution is 2.30. The molecule has 1 rings (SSSR count). The predicted octanol–water partition coefficient (Wildman–Crippen LogP) is 3.62. The van der Waals surface area contributed by atoms with Gasteiger partial charge in [0.2, 0.25) is 0 Å². The van der Waals surface area contributed by atoms with Crippen LogP contribution in [0.1, 0.15) is 13.3 Å². The lowest BCUT2D eigenvalue weighted by atomic mass is 10.0. The fraction of sp³-hybridized carbons (Fsp3) is 0.429. The summed E-state index contributed by atoms with van der Waals surface area (Å²) in [7, 11) is 0. The Balaban J connectivity index is 2.75. The van der Waals surface area contributed by atoms with Gasteiger partial charge in [0, 0.05) is 8.06 Å². The molecule has 0 saturated heterocycles. The van der Waals surface area contributed by atoms with E-state index in [0.717, 1.165) is 6.42 Å². The van der Waals surface area contributed by atoms with Gasteiger partial charge in [-0.3, -0.25) is 0 Å². The van der Waals surface area contributed by atoms with Crippen LogP contribution in [0.3, 0.4) is 0 Å². The average Bonchev–Trinajstić information content (AvgIpc) is 1.80. The highest BCUT2D eigenvalue weighted by molar-refractivity contribution is 14.1. The number of halogens is 2. The minimum atomic E-state index is 0.706. The topological polar surface area (TPSA) is 0 Å². The normalized spacial score (nSPS) is 27.2. The van der Waals surface area contributed by atoms with Crippen LogP contribution in [0.5, 0.6) is 0 Å². The predicted molar refractivity (Wildman–Crippen MR) is 52.9 cm³/mol. The molecule has 0 saturated carbocycles. The lowest BCUT2D eigenvalue weighted by Gasteiger charge is -2.11. The molecule has 9 heavy (non-hydrogen) atoms. The molecule has 0 bridgehead atoms. The molecule has 0 aromatic heterocycles. The van der Waals surface area contributed by atoms with Gasteiger partial charge in [0.05, 0.1) is 0 Å². The zero-order chi connectivity index (χ0) is 6.85. The Morgan fingerprint density at radius 1 is 1.78 bits per heavy atom. The molecular weight excluding hydrogens is 291 g/mol. The minimum Gasteiger partial charge on any atom is -0.0803 e. The Bertz CT molecular complexity index is 170. The number of allylic oxidation sites excluding steroid dienone is 4. The minimum absolute atomic E-state index is 0.706. The zero-order valence-corrected chi connectivity index (χ0v) is 8.94. The molecule has 2 heteroatoms. The molecule has 0 aromatic carbocycles. The van der Waals surface area contributed by atoms with Crippen molar-refractivity contribution in [2.45, 2.75) is 13.3 Å². The van der Waals surface area contributed by atoms with Crippen LogP contribution >= 0.6 is 38.5 Å². The SMILES string of the molecule is CC1C=CC(I)=C(Br)C1. The molecule has 0 fully saturated rings. The largest absolute Gasteiger partial charge is 0.0803 e. The van der Waals surface area contributed by atoms with Crippen LogP contribution in [-0.4, -0.2) is 0 Å². The first-order chi connectivity index (χ1) is 4.20. The maximum absolute atomic E-state index is 3.51. The molecule has 0 aliphatic heterocycles. The summed E-state index contributed by atoms with van der Waals surface area (Å²) in [4.78, 5) is 0. The maximum Gasteiger partial charge on any atom is 0.0228 e. The molecule has 1 aliphatic carbocycles. The van der Waals surface area contributed by atoms with Crippen molar-refractivity contribution >= 4 is 38.5 Å². The van der Waals surface area contributed by atoms with E-state index in [2.05, 4.69) is 57.6 Å². The fourth-order valence-electron chi connectivity index (χ4n) is 0.787. The summed E-state index contributed by atoms with van der Waals surface area (Å²) >= 11 is 5.85. The van der Waals surface area contributed by atoms with E-state index < -0.39 is 0 Å². The molecule has 0 heterocycles. The third-order valence-electron chi connectivity index (χ3n) is 1.33. The smallest absolute Gasteiger partial charge is 0.0228 e. The Morgan fingerprint density at radius 2 is 2.44 bits per heavy atom. The van der Waals surface area contributed by atoms with Gasteiger partial charge in [-0.15, -0.1) is 0 Å². The van der Waals surface area contributed by atoms with Crippen molar-refractivity contribution < 1.29 is 0 Å². The summed E-state index contributed by atoms with van der Waals surface area (Å²) in [6.07, 6.45) is 5.57. The monoisotopic (exact) mass is 298 g/mol. The van der Waals surface area contributed by atoms with Crippen molar-refractivity contribution in [2.75, 3.05) is 0 Å². The summed E-state index contributed by atoms with van der Waals surface area (Å²) in [5.41, 5.74) is 0. The molecule has 0 amide bonds. The second-order valence-electron chi connectivity index (χ2n) is 2.29. The van der Waals surface area contributed by atoms with E-state index in [1.165, 1.54) is 8.06 Å². The van der Waals surface area contributed by atoms with E-state index >= 15 is 0 Å². The lowest BCUT2D eigenvalue weighted by molar-refractivity contribution is 0.731. The molecular formula is C7H8BrI. The van der Waals surface area contributed by atoms with Crippen LogP contribution in [0.25, 0.3) is 0 Å². The van der Waals surface area contributed by atoms with E-state index in [0.29, 0.717) is 5.92 Å². The molecule has 1 atom stereocenters. The molecule has 0 nitrogen and oxygen atoms in total. The van der Waals surface area contributed by atoms with Gasteiger partial charge in [-0.25, -0.2) is 0 Å². The second kappa shape index (κ2) is 3.19. The van der Waals surface area contributed by atoms with E-state index in [1.807, 2.05) is 0 Å². The standard InChI is InChI=1S/C7H8BrI/c1-5-2-3-7(9)6(8)4-5/h2-3,5H,4H2,1H3. The van der Waals surface area contributed by atoms with Crippen molar-refractivity contribution in [1.29, 1.82) is 0 Å². The Morgan fingerprint density at radius 3 is 2.89 bits per heavy atom. The molecule has 0 radical (unpaired) electrons. The highest BCUT2D eigenvalue weighted by Gasteiger charge is 2.07. The average molecular weight is 299 g/mol. The number of hydrogen-bond acceptors (Lipinski definition) is 0. The van der Waals surface area contributed by atoms with Gasteiger partial charge >= 0.3 is 0 Å². The van der Waals surface area contributed by atoms with Gasteiger partial charge in [-0.05, 0) is 34.9 Å². The Kier molecular flexibility index (Phi) is 2.76. The van der Waals surface area contributed by atoms with Crippen molar-refractivity contribution in [3.05, 3.63) is 20.2 Å². The van der Waals surface area contributed by atoms with Gasteiger partial charge in [-0.1, -0.05) is 35.0 Å². The van der Waals surface area contributed by atoms with E-state index in [-0.39, 0.29) is 0 Å². The second-order valence-corrected chi connectivity index (χ2v) is 4.41. The van der Waals surface area contributed by atoms with Gasteiger partial charge in [0.1, 0.15) is 0 Å². The molecule has 0 spiro atoms. The lowest BCUT2D eigenvalue weighted by Crippen LogP contribution is -1.94. The molecule has 0 aromatic rings.